The van der Waals surface area contributed by atoms with E-state index in [1.807, 2.05) is 49.5 Å². The second-order valence-electron chi connectivity index (χ2n) is 7.04. The van der Waals surface area contributed by atoms with Crippen LogP contribution in [0, 0.1) is 5.92 Å². The van der Waals surface area contributed by atoms with Crippen LogP contribution in [0.5, 0.6) is 0 Å². The number of piperidine rings is 1. The first kappa shape index (κ1) is 17.9. The van der Waals surface area contributed by atoms with Gasteiger partial charge in [-0.15, -0.1) is 0 Å². The van der Waals surface area contributed by atoms with E-state index < -0.39 is 0 Å². The van der Waals surface area contributed by atoms with Crippen LogP contribution in [-0.2, 0) is 11.3 Å². The van der Waals surface area contributed by atoms with Crippen molar-refractivity contribution in [1.29, 1.82) is 0 Å². The van der Waals surface area contributed by atoms with Gasteiger partial charge in [0, 0.05) is 37.6 Å². The lowest BCUT2D eigenvalue weighted by Crippen LogP contribution is -2.41. The summed E-state index contributed by atoms with van der Waals surface area (Å²) < 4.78 is 5.84. The Labute approximate surface area is 163 Å². The summed E-state index contributed by atoms with van der Waals surface area (Å²) in [6, 6.07) is 13.7. The van der Waals surface area contributed by atoms with Crippen molar-refractivity contribution >= 4 is 34.3 Å². The highest BCUT2D eigenvalue weighted by Gasteiger charge is 2.28. The van der Waals surface area contributed by atoms with Gasteiger partial charge in [0.1, 0.15) is 17.2 Å². The summed E-state index contributed by atoms with van der Waals surface area (Å²) in [7, 11) is 1.85. The number of pyridine rings is 1. The van der Waals surface area contributed by atoms with Gasteiger partial charge in [-0.2, -0.15) is 0 Å². The van der Waals surface area contributed by atoms with E-state index in [0.29, 0.717) is 11.6 Å². The molecule has 0 atom stereocenters. The topological polar surface area (TPSA) is 49.6 Å². The maximum Gasteiger partial charge on any atom is 0.225 e. The van der Waals surface area contributed by atoms with E-state index in [9.17, 15) is 4.79 Å². The third-order valence-corrected chi connectivity index (χ3v) is 5.35. The van der Waals surface area contributed by atoms with Gasteiger partial charge in [-0.05, 0) is 37.1 Å². The van der Waals surface area contributed by atoms with Gasteiger partial charge in [0.15, 0.2) is 0 Å². The summed E-state index contributed by atoms with van der Waals surface area (Å²) in [6.07, 6.45) is 3.32. The summed E-state index contributed by atoms with van der Waals surface area (Å²) in [5.74, 6) is 1.96. The molecule has 0 spiro atoms. The molecule has 0 N–H and O–H groups in total. The second kappa shape index (κ2) is 7.61. The van der Waals surface area contributed by atoms with Gasteiger partial charge in [0.2, 0.25) is 5.91 Å². The van der Waals surface area contributed by atoms with Crippen molar-refractivity contribution in [3.63, 3.8) is 0 Å². The van der Waals surface area contributed by atoms with E-state index >= 15 is 0 Å². The maximum atomic E-state index is 12.8. The van der Waals surface area contributed by atoms with E-state index in [4.69, 9.17) is 16.0 Å². The Hall–Kier alpha value is -2.53. The van der Waals surface area contributed by atoms with Gasteiger partial charge in [0.25, 0.3) is 0 Å². The molecule has 6 heteroatoms. The van der Waals surface area contributed by atoms with Gasteiger partial charge in [-0.3, -0.25) is 4.79 Å². The van der Waals surface area contributed by atoms with Crippen molar-refractivity contribution in [1.82, 2.24) is 9.88 Å². The molecule has 0 aliphatic carbocycles. The number of para-hydroxylation sites is 1. The molecule has 3 aromatic rings. The average molecular weight is 384 g/mol. The zero-order valence-electron chi connectivity index (χ0n) is 15.3. The Morgan fingerprint density at radius 3 is 2.74 bits per heavy atom. The van der Waals surface area contributed by atoms with Gasteiger partial charge in [0.05, 0.1) is 11.6 Å². The molecular weight excluding hydrogens is 362 g/mol. The van der Waals surface area contributed by atoms with Gasteiger partial charge < -0.3 is 14.2 Å². The number of carbonyl (C=O) groups excluding carboxylic acids is 1. The number of fused-ring (bicyclic) bond motifs is 1. The van der Waals surface area contributed by atoms with Crippen molar-refractivity contribution in [3.8, 4) is 0 Å². The highest BCUT2D eigenvalue weighted by Crippen LogP contribution is 2.25. The number of nitrogens with zero attached hydrogens (tertiary/aromatic N) is 3. The Morgan fingerprint density at radius 1 is 1.26 bits per heavy atom. The minimum Gasteiger partial charge on any atom is -0.459 e. The summed E-state index contributed by atoms with van der Waals surface area (Å²) in [4.78, 5) is 21.2. The SMILES string of the molecule is CN(Cc1cc2ccccc2o1)C(=O)C1CCN(c2ccc(Cl)cn2)CC1. The van der Waals surface area contributed by atoms with E-state index in [1.54, 1.807) is 11.1 Å². The first-order valence-electron chi connectivity index (χ1n) is 9.19. The van der Waals surface area contributed by atoms with E-state index in [0.717, 1.165) is 48.5 Å². The number of rotatable bonds is 4. The number of amides is 1. The minimum absolute atomic E-state index is 0.0444. The minimum atomic E-state index is 0.0444. The lowest BCUT2D eigenvalue weighted by Gasteiger charge is -2.33. The van der Waals surface area contributed by atoms with E-state index in [1.165, 1.54) is 0 Å². The molecule has 0 saturated carbocycles. The molecule has 1 aromatic carbocycles. The number of hydrogen-bond donors (Lipinski definition) is 0. The number of anilines is 1. The molecule has 2 aromatic heterocycles. The molecule has 5 nitrogen and oxygen atoms in total. The Kier molecular flexibility index (Phi) is 5.03. The largest absolute Gasteiger partial charge is 0.459 e. The van der Waals surface area contributed by atoms with Crippen molar-refractivity contribution in [2.45, 2.75) is 19.4 Å². The molecule has 0 radical (unpaired) electrons. The summed E-state index contributed by atoms with van der Waals surface area (Å²) >= 11 is 5.90. The summed E-state index contributed by atoms with van der Waals surface area (Å²) in [5, 5.41) is 1.70. The fourth-order valence-corrected chi connectivity index (χ4v) is 3.76. The molecule has 27 heavy (non-hydrogen) atoms. The zero-order valence-corrected chi connectivity index (χ0v) is 16.0. The number of benzene rings is 1. The smallest absolute Gasteiger partial charge is 0.225 e. The van der Waals surface area contributed by atoms with Crippen LogP contribution in [0.4, 0.5) is 5.82 Å². The molecule has 1 aliphatic heterocycles. The van der Waals surface area contributed by atoms with E-state index in [-0.39, 0.29) is 11.8 Å². The second-order valence-corrected chi connectivity index (χ2v) is 7.48. The molecule has 0 unspecified atom stereocenters. The highest BCUT2D eigenvalue weighted by molar-refractivity contribution is 6.30. The number of aromatic nitrogens is 1. The highest BCUT2D eigenvalue weighted by atomic mass is 35.5. The Morgan fingerprint density at radius 2 is 2.04 bits per heavy atom. The van der Waals surface area contributed by atoms with Gasteiger partial charge in [-0.25, -0.2) is 4.98 Å². The molecule has 1 fully saturated rings. The van der Waals surface area contributed by atoms with Gasteiger partial charge >= 0.3 is 0 Å². The molecule has 4 rings (SSSR count). The van der Waals surface area contributed by atoms with Crippen LogP contribution >= 0.6 is 11.6 Å². The summed E-state index contributed by atoms with van der Waals surface area (Å²) in [5.41, 5.74) is 0.858. The number of hydrogen-bond acceptors (Lipinski definition) is 4. The zero-order chi connectivity index (χ0) is 18.8. The van der Waals surface area contributed by atoms with Crippen LogP contribution in [-0.4, -0.2) is 35.9 Å². The van der Waals surface area contributed by atoms with Crippen molar-refractivity contribution in [2.24, 2.45) is 5.92 Å². The molecule has 1 aliphatic rings. The third kappa shape index (κ3) is 3.93. The van der Waals surface area contributed by atoms with Crippen LogP contribution in [0.2, 0.25) is 5.02 Å². The Balaban J connectivity index is 1.35. The molecular formula is C21H22ClN3O2. The Bertz CT molecular complexity index is 897. The number of furan rings is 1. The van der Waals surface area contributed by atoms with Crippen LogP contribution in [0.25, 0.3) is 11.0 Å². The molecule has 0 bridgehead atoms. The van der Waals surface area contributed by atoms with Crippen LogP contribution < -0.4 is 4.90 Å². The van der Waals surface area contributed by atoms with Crippen LogP contribution in [0.1, 0.15) is 18.6 Å². The third-order valence-electron chi connectivity index (χ3n) is 5.13. The van der Waals surface area contributed by atoms with Gasteiger partial charge in [-0.1, -0.05) is 29.8 Å². The van der Waals surface area contributed by atoms with Crippen LogP contribution in [0.15, 0.2) is 53.1 Å². The average Bonchev–Trinajstić information content (AvgIpc) is 3.10. The van der Waals surface area contributed by atoms with Crippen LogP contribution in [0.3, 0.4) is 0 Å². The molecule has 1 amide bonds. The molecule has 3 heterocycles. The lowest BCUT2D eigenvalue weighted by atomic mass is 9.95. The predicted molar refractivity (Wildman–Crippen MR) is 107 cm³/mol. The van der Waals surface area contributed by atoms with Crippen molar-refractivity contribution in [2.75, 3.05) is 25.0 Å². The van der Waals surface area contributed by atoms with Crippen molar-refractivity contribution < 1.29 is 9.21 Å². The van der Waals surface area contributed by atoms with Crippen molar-refractivity contribution in [3.05, 3.63) is 59.4 Å². The number of halogens is 1. The number of carbonyl (C=O) groups is 1. The summed E-state index contributed by atoms with van der Waals surface area (Å²) in [6.45, 7) is 2.14. The molecule has 1 saturated heterocycles. The maximum absolute atomic E-state index is 12.8. The quantitative estimate of drug-likeness (QED) is 0.671. The standard InChI is InChI=1S/C21H22ClN3O2/c1-24(14-18-12-16-4-2-3-5-19(16)27-18)21(26)15-8-10-25(11-9-15)20-7-6-17(22)13-23-20/h2-7,12-13,15H,8-11,14H2,1H3. The monoisotopic (exact) mass is 383 g/mol. The molecule has 140 valence electrons. The van der Waals surface area contributed by atoms with E-state index in [2.05, 4.69) is 9.88 Å². The normalized spacial score (nSPS) is 15.3. The predicted octanol–water partition coefficient (Wildman–Crippen LogP) is 4.36. The first-order chi connectivity index (χ1) is 13.1. The fourth-order valence-electron chi connectivity index (χ4n) is 3.65. The lowest BCUT2D eigenvalue weighted by molar-refractivity contribution is -0.135. The first-order valence-corrected chi connectivity index (χ1v) is 9.57. The fraction of sp³-hybridized carbons (Fsp3) is 0.333.